The number of benzene rings is 2. The highest BCUT2D eigenvalue weighted by atomic mass is 35.5. The van der Waals surface area contributed by atoms with E-state index in [1.165, 1.54) is 24.3 Å². The first-order valence-electron chi connectivity index (χ1n) is 5.78. The number of aromatic hydroxyl groups is 1. The number of amides is 1. The van der Waals surface area contributed by atoms with Gasteiger partial charge in [-0.05, 0) is 36.4 Å². The molecule has 0 aliphatic heterocycles. The Morgan fingerprint density at radius 2 is 2.05 bits per heavy atom. The third-order valence-corrected chi connectivity index (χ3v) is 2.95. The van der Waals surface area contributed by atoms with Crippen molar-refractivity contribution in [3.05, 3.63) is 58.4 Å². The zero-order chi connectivity index (χ0) is 14.7. The summed E-state index contributed by atoms with van der Waals surface area (Å²) in [7, 11) is 0. The van der Waals surface area contributed by atoms with Crippen molar-refractivity contribution in [2.75, 3.05) is 5.73 Å². The molecule has 0 radical (unpaired) electrons. The summed E-state index contributed by atoms with van der Waals surface area (Å²) >= 11 is 5.61. The SMILES string of the molecule is Nc1ccc(O)c(CNC(=O)c2ccc(Cl)cc2F)c1. The van der Waals surface area contributed by atoms with Gasteiger partial charge in [0.25, 0.3) is 5.91 Å². The summed E-state index contributed by atoms with van der Waals surface area (Å²) in [5.74, 6) is -1.29. The predicted octanol–water partition coefficient (Wildman–Crippen LogP) is 2.70. The van der Waals surface area contributed by atoms with Gasteiger partial charge in [-0.15, -0.1) is 0 Å². The number of nitrogens with two attached hydrogens (primary N) is 1. The molecule has 2 rings (SSSR count). The quantitative estimate of drug-likeness (QED) is 0.602. The third kappa shape index (κ3) is 3.19. The second-order valence-electron chi connectivity index (χ2n) is 4.19. The van der Waals surface area contributed by atoms with Gasteiger partial charge in [0.2, 0.25) is 0 Å². The summed E-state index contributed by atoms with van der Waals surface area (Å²) in [5, 5.41) is 12.3. The molecule has 0 atom stereocenters. The lowest BCUT2D eigenvalue weighted by Gasteiger charge is -2.08. The Morgan fingerprint density at radius 1 is 1.30 bits per heavy atom. The normalized spacial score (nSPS) is 10.3. The maximum atomic E-state index is 13.6. The van der Waals surface area contributed by atoms with Crippen LogP contribution < -0.4 is 11.1 Å². The standard InChI is InChI=1S/C14H12ClFN2O2/c15-9-1-3-11(12(16)6-9)14(20)18-7-8-5-10(17)2-4-13(8)19/h1-6,19H,7,17H2,(H,18,20). The molecule has 6 heteroatoms. The van der Waals surface area contributed by atoms with E-state index in [1.54, 1.807) is 6.07 Å². The second kappa shape index (κ2) is 5.79. The number of phenols is 1. The smallest absolute Gasteiger partial charge is 0.254 e. The highest BCUT2D eigenvalue weighted by molar-refractivity contribution is 6.30. The number of hydrogen-bond acceptors (Lipinski definition) is 3. The number of nitrogen functional groups attached to an aromatic ring is 1. The monoisotopic (exact) mass is 294 g/mol. The van der Waals surface area contributed by atoms with E-state index in [-0.39, 0.29) is 22.9 Å². The number of carbonyl (C=O) groups is 1. The predicted molar refractivity (Wildman–Crippen MR) is 75.1 cm³/mol. The molecule has 0 bridgehead atoms. The van der Waals surface area contributed by atoms with Crippen LogP contribution in [0.1, 0.15) is 15.9 Å². The van der Waals surface area contributed by atoms with Crippen molar-refractivity contribution in [1.29, 1.82) is 0 Å². The number of phenolic OH excluding ortho intramolecular Hbond substituents is 1. The Hall–Kier alpha value is -2.27. The van der Waals surface area contributed by atoms with E-state index in [9.17, 15) is 14.3 Å². The van der Waals surface area contributed by atoms with Crippen LogP contribution in [0.4, 0.5) is 10.1 Å². The van der Waals surface area contributed by atoms with E-state index in [4.69, 9.17) is 17.3 Å². The molecule has 0 spiro atoms. The first-order valence-corrected chi connectivity index (χ1v) is 6.16. The van der Waals surface area contributed by atoms with Crippen LogP contribution >= 0.6 is 11.6 Å². The molecule has 0 aliphatic carbocycles. The Labute approximate surface area is 120 Å². The topological polar surface area (TPSA) is 75.3 Å². The maximum Gasteiger partial charge on any atom is 0.254 e. The van der Waals surface area contributed by atoms with Gasteiger partial charge in [0.05, 0.1) is 5.56 Å². The molecule has 0 heterocycles. The minimum absolute atomic E-state index is 0.0103. The van der Waals surface area contributed by atoms with Crippen molar-refractivity contribution in [1.82, 2.24) is 5.32 Å². The maximum absolute atomic E-state index is 13.6. The van der Waals surface area contributed by atoms with Crippen molar-refractivity contribution < 1.29 is 14.3 Å². The Morgan fingerprint density at radius 3 is 2.75 bits per heavy atom. The lowest BCUT2D eigenvalue weighted by atomic mass is 10.1. The first-order chi connectivity index (χ1) is 9.47. The van der Waals surface area contributed by atoms with E-state index in [2.05, 4.69) is 5.32 Å². The van der Waals surface area contributed by atoms with Crippen LogP contribution in [0.3, 0.4) is 0 Å². The molecule has 0 fully saturated rings. The van der Waals surface area contributed by atoms with E-state index < -0.39 is 11.7 Å². The van der Waals surface area contributed by atoms with Crippen LogP contribution in [0.25, 0.3) is 0 Å². The zero-order valence-corrected chi connectivity index (χ0v) is 11.1. The Bertz CT molecular complexity index is 662. The summed E-state index contributed by atoms with van der Waals surface area (Å²) in [5.41, 5.74) is 6.39. The Balaban J connectivity index is 2.10. The number of hydrogen-bond donors (Lipinski definition) is 3. The van der Waals surface area contributed by atoms with Gasteiger partial charge in [0.15, 0.2) is 0 Å². The molecular formula is C14H12ClFN2O2. The number of carbonyl (C=O) groups excluding carboxylic acids is 1. The van der Waals surface area contributed by atoms with Crippen LogP contribution in [-0.4, -0.2) is 11.0 Å². The van der Waals surface area contributed by atoms with Gasteiger partial charge in [-0.25, -0.2) is 4.39 Å². The molecule has 20 heavy (non-hydrogen) atoms. The molecule has 0 saturated carbocycles. The summed E-state index contributed by atoms with van der Waals surface area (Å²) in [6, 6.07) is 8.30. The minimum Gasteiger partial charge on any atom is -0.508 e. The summed E-state index contributed by atoms with van der Waals surface area (Å²) < 4.78 is 13.6. The van der Waals surface area contributed by atoms with Crippen LogP contribution in [0.5, 0.6) is 5.75 Å². The molecule has 4 N–H and O–H groups in total. The molecule has 4 nitrogen and oxygen atoms in total. The van der Waals surface area contributed by atoms with Gasteiger partial charge in [0, 0.05) is 22.8 Å². The average Bonchev–Trinajstić information content (AvgIpc) is 2.39. The van der Waals surface area contributed by atoms with Crippen molar-refractivity contribution in [2.24, 2.45) is 0 Å². The average molecular weight is 295 g/mol. The number of rotatable bonds is 3. The zero-order valence-electron chi connectivity index (χ0n) is 10.4. The van der Waals surface area contributed by atoms with Crippen molar-refractivity contribution in [3.8, 4) is 5.75 Å². The molecule has 0 unspecified atom stereocenters. The van der Waals surface area contributed by atoms with Crippen molar-refractivity contribution >= 4 is 23.2 Å². The van der Waals surface area contributed by atoms with Crippen LogP contribution in [0.2, 0.25) is 5.02 Å². The van der Waals surface area contributed by atoms with Crippen LogP contribution in [-0.2, 0) is 6.54 Å². The van der Waals surface area contributed by atoms with Crippen molar-refractivity contribution in [2.45, 2.75) is 6.54 Å². The highest BCUT2D eigenvalue weighted by Crippen LogP contribution is 2.20. The molecule has 0 aliphatic rings. The summed E-state index contributed by atoms with van der Waals surface area (Å²) in [6.45, 7) is 0.0395. The van der Waals surface area contributed by atoms with Gasteiger partial charge < -0.3 is 16.2 Å². The van der Waals surface area contributed by atoms with Gasteiger partial charge in [-0.3, -0.25) is 4.79 Å². The van der Waals surface area contributed by atoms with E-state index in [0.29, 0.717) is 11.3 Å². The highest BCUT2D eigenvalue weighted by Gasteiger charge is 2.12. The van der Waals surface area contributed by atoms with Crippen LogP contribution in [0, 0.1) is 5.82 Å². The number of halogens is 2. The second-order valence-corrected chi connectivity index (χ2v) is 4.63. The van der Waals surface area contributed by atoms with Crippen LogP contribution in [0.15, 0.2) is 36.4 Å². The molecular weight excluding hydrogens is 283 g/mol. The molecule has 104 valence electrons. The van der Waals surface area contributed by atoms with Gasteiger partial charge in [-0.2, -0.15) is 0 Å². The third-order valence-electron chi connectivity index (χ3n) is 2.72. The fourth-order valence-electron chi connectivity index (χ4n) is 1.69. The van der Waals surface area contributed by atoms with E-state index in [1.807, 2.05) is 0 Å². The lowest BCUT2D eigenvalue weighted by Crippen LogP contribution is -2.23. The lowest BCUT2D eigenvalue weighted by molar-refractivity contribution is 0.0946. The number of anilines is 1. The fourth-order valence-corrected chi connectivity index (χ4v) is 1.85. The first kappa shape index (κ1) is 14.1. The molecule has 1 amide bonds. The van der Waals surface area contributed by atoms with Gasteiger partial charge in [-0.1, -0.05) is 11.6 Å². The summed E-state index contributed by atoms with van der Waals surface area (Å²) in [4.78, 5) is 11.8. The fraction of sp³-hybridized carbons (Fsp3) is 0.0714. The molecule has 2 aromatic carbocycles. The number of nitrogens with one attached hydrogen (secondary N) is 1. The molecule has 2 aromatic rings. The van der Waals surface area contributed by atoms with E-state index in [0.717, 1.165) is 6.07 Å². The minimum atomic E-state index is -0.702. The van der Waals surface area contributed by atoms with E-state index >= 15 is 0 Å². The largest absolute Gasteiger partial charge is 0.508 e. The summed E-state index contributed by atoms with van der Waals surface area (Å²) in [6.07, 6.45) is 0. The molecule has 0 saturated heterocycles. The van der Waals surface area contributed by atoms with Crippen molar-refractivity contribution in [3.63, 3.8) is 0 Å². The van der Waals surface area contributed by atoms with Gasteiger partial charge in [0.1, 0.15) is 11.6 Å². The Kier molecular flexibility index (Phi) is 4.10. The van der Waals surface area contributed by atoms with Gasteiger partial charge >= 0.3 is 0 Å². The molecule has 0 aromatic heterocycles.